The van der Waals surface area contributed by atoms with Crippen LogP contribution in [0.4, 0.5) is 0 Å². The van der Waals surface area contributed by atoms with Crippen molar-refractivity contribution in [3.8, 4) is 0 Å². The van der Waals surface area contributed by atoms with Crippen molar-refractivity contribution < 1.29 is 24.5 Å². The summed E-state index contributed by atoms with van der Waals surface area (Å²) < 4.78 is 13.5. The molecule has 2 bridgehead atoms. The Hall–Kier alpha value is -0.490. The smallest absolute Gasteiger partial charge is 0.199 e. The molecule has 2 N–H and O–H groups in total. The average Bonchev–Trinajstić information content (AvgIpc) is 3.28. The molecule has 2 heterocycles. The molecule has 0 aromatic heterocycles. The second-order valence-corrected chi connectivity index (χ2v) is 15.7. The summed E-state index contributed by atoms with van der Waals surface area (Å²) in [6.07, 6.45) is 7.03. The van der Waals surface area contributed by atoms with Crippen molar-refractivity contribution in [3.63, 3.8) is 0 Å². The fourth-order valence-electron chi connectivity index (χ4n) is 12.5. The second-order valence-electron chi connectivity index (χ2n) is 15.7. The van der Waals surface area contributed by atoms with Gasteiger partial charge in [0.2, 0.25) is 0 Å². The predicted octanol–water partition coefficient (Wildman–Crippen LogP) is 4.87. The number of aliphatic hydroxyl groups excluding tert-OH is 1. The van der Waals surface area contributed by atoms with Gasteiger partial charge in [0.1, 0.15) is 18.0 Å². The molecule has 2 saturated heterocycles. The molecule has 4 unspecified atom stereocenters. The Labute approximate surface area is 210 Å². The number of rotatable bonds is 1. The van der Waals surface area contributed by atoms with Crippen LogP contribution >= 0.6 is 0 Å². The minimum absolute atomic E-state index is 0.0855. The van der Waals surface area contributed by atoms with Gasteiger partial charge in [-0.05, 0) is 92.8 Å². The normalized spacial score (nSPS) is 61.9. The Kier molecular flexibility index (Phi) is 4.19. The van der Waals surface area contributed by atoms with Gasteiger partial charge in [0.15, 0.2) is 5.79 Å². The van der Waals surface area contributed by atoms with E-state index < -0.39 is 23.6 Å². The summed E-state index contributed by atoms with van der Waals surface area (Å²) in [6, 6.07) is 0. The molecule has 5 heteroatoms. The average molecular weight is 487 g/mol. The lowest BCUT2D eigenvalue weighted by molar-refractivity contribution is -0.282. The summed E-state index contributed by atoms with van der Waals surface area (Å²) in [5.41, 5.74) is -1.13. The van der Waals surface area contributed by atoms with Crippen LogP contribution in [0.3, 0.4) is 0 Å². The highest BCUT2D eigenvalue weighted by molar-refractivity contribution is 5.86. The zero-order valence-corrected chi connectivity index (χ0v) is 22.8. The topological polar surface area (TPSA) is 76.0 Å². The van der Waals surface area contributed by atoms with E-state index >= 15 is 0 Å². The lowest BCUT2D eigenvalue weighted by atomic mass is 9.41. The van der Waals surface area contributed by atoms with Crippen LogP contribution < -0.4 is 0 Å². The molecule has 5 nitrogen and oxygen atoms in total. The summed E-state index contributed by atoms with van der Waals surface area (Å²) in [6.45, 7) is 15.2. The van der Waals surface area contributed by atoms with Crippen molar-refractivity contribution in [2.45, 2.75) is 130 Å². The van der Waals surface area contributed by atoms with Crippen LogP contribution in [0.2, 0.25) is 0 Å². The van der Waals surface area contributed by atoms with E-state index in [1.54, 1.807) is 0 Å². The fraction of sp³-hybridized carbons (Fsp3) is 0.967. The highest BCUT2D eigenvalue weighted by Gasteiger charge is 2.88. The number of ether oxygens (including phenoxy) is 2. The minimum Gasteiger partial charge on any atom is -0.388 e. The van der Waals surface area contributed by atoms with Gasteiger partial charge in [0.05, 0.1) is 11.7 Å². The molecule has 196 valence electrons. The van der Waals surface area contributed by atoms with Crippen LogP contribution in [0.5, 0.6) is 0 Å². The maximum absolute atomic E-state index is 12.9. The molecule has 0 aromatic carbocycles. The van der Waals surface area contributed by atoms with Gasteiger partial charge in [-0.25, -0.2) is 0 Å². The summed E-state index contributed by atoms with van der Waals surface area (Å²) in [4.78, 5) is 12.9. The number of aliphatic hydroxyl groups is 2. The van der Waals surface area contributed by atoms with Crippen LogP contribution in [-0.4, -0.2) is 45.7 Å². The van der Waals surface area contributed by atoms with Gasteiger partial charge in [-0.3, -0.25) is 4.79 Å². The fourth-order valence-corrected chi connectivity index (χ4v) is 12.5. The maximum Gasteiger partial charge on any atom is 0.199 e. The third kappa shape index (κ3) is 2.25. The van der Waals surface area contributed by atoms with Crippen molar-refractivity contribution >= 4 is 5.78 Å². The summed E-state index contributed by atoms with van der Waals surface area (Å²) >= 11 is 0. The zero-order valence-electron chi connectivity index (χ0n) is 22.8. The van der Waals surface area contributed by atoms with Gasteiger partial charge >= 0.3 is 0 Å². The Balaban J connectivity index is 1.33. The van der Waals surface area contributed by atoms with E-state index in [-0.39, 0.29) is 39.1 Å². The molecule has 35 heavy (non-hydrogen) atoms. The number of hydrogen-bond donors (Lipinski definition) is 2. The number of hydrogen-bond acceptors (Lipinski definition) is 5. The van der Waals surface area contributed by atoms with Crippen LogP contribution in [-0.2, 0) is 14.3 Å². The second kappa shape index (κ2) is 6.21. The van der Waals surface area contributed by atoms with Gasteiger partial charge in [-0.1, -0.05) is 34.6 Å². The molecule has 7 aliphatic rings. The van der Waals surface area contributed by atoms with Gasteiger partial charge in [-0.2, -0.15) is 0 Å². The van der Waals surface area contributed by atoms with Gasteiger partial charge in [0.25, 0.3) is 0 Å². The highest BCUT2D eigenvalue weighted by atomic mass is 16.8. The molecule has 3 spiro atoms. The molecule has 0 amide bonds. The molecule has 5 aliphatic carbocycles. The summed E-state index contributed by atoms with van der Waals surface area (Å²) in [7, 11) is 0. The van der Waals surface area contributed by atoms with Gasteiger partial charge < -0.3 is 19.7 Å². The van der Waals surface area contributed by atoms with Gasteiger partial charge in [0, 0.05) is 23.2 Å². The Morgan fingerprint density at radius 2 is 1.63 bits per heavy atom. The first-order valence-electron chi connectivity index (χ1n) is 14.4. The zero-order chi connectivity index (χ0) is 25.2. The van der Waals surface area contributed by atoms with Crippen LogP contribution in [0.1, 0.15) is 99.8 Å². The van der Waals surface area contributed by atoms with E-state index in [1.807, 2.05) is 13.8 Å². The highest BCUT2D eigenvalue weighted by Crippen LogP contribution is 2.90. The summed E-state index contributed by atoms with van der Waals surface area (Å²) in [5, 5.41) is 23.4. The SMILES string of the molecule is C[C@@H]1CC2O[C@]3(O[C@H]2C(C)(C)O)C1[C@@]1(C)CC[C@@]24C[C@@]25CCC(=O)C(C)(C)C5CCC4[C@]1(C)[C@H]3O. The first kappa shape index (κ1) is 23.6. The van der Waals surface area contributed by atoms with E-state index in [0.29, 0.717) is 23.5 Å². The third-order valence-corrected chi connectivity index (χ3v) is 13.9. The van der Waals surface area contributed by atoms with Crippen molar-refractivity contribution in [3.05, 3.63) is 0 Å². The van der Waals surface area contributed by atoms with E-state index in [9.17, 15) is 15.0 Å². The first-order chi connectivity index (χ1) is 16.1. The Bertz CT molecular complexity index is 999. The number of carbonyl (C=O) groups excluding carboxylic acids is 1. The quantitative estimate of drug-likeness (QED) is 0.553. The largest absolute Gasteiger partial charge is 0.388 e. The number of carbonyl (C=O) groups is 1. The van der Waals surface area contributed by atoms with E-state index in [0.717, 1.165) is 38.5 Å². The maximum atomic E-state index is 12.9. The van der Waals surface area contributed by atoms with Crippen LogP contribution in [0.15, 0.2) is 0 Å². The van der Waals surface area contributed by atoms with Crippen molar-refractivity contribution in [2.75, 3.05) is 0 Å². The van der Waals surface area contributed by atoms with Crippen LogP contribution in [0, 0.1) is 50.7 Å². The molecule has 12 atom stereocenters. The molecule has 5 saturated carbocycles. The van der Waals surface area contributed by atoms with E-state index in [1.165, 1.54) is 12.8 Å². The van der Waals surface area contributed by atoms with Crippen molar-refractivity contribution in [1.82, 2.24) is 0 Å². The minimum atomic E-state index is -1.03. The summed E-state index contributed by atoms with van der Waals surface area (Å²) in [5.74, 6) is 0.809. The first-order valence-corrected chi connectivity index (χ1v) is 14.4. The predicted molar refractivity (Wildman–Crippen MR) is 131 cm³/mol. The molecular weight excluding hydrogens is 440 g/mol. The lowest BCUT2D eigenvalue weighted by Gasteiger charge is -2.62. The van der Waals surface area contributed by atoms with Crippen molar-refractivity contribution in [2.24, 2.45) is 50.7 Å². The molecule has 0 radical (unpaired) electrons. The molecule has 7 rings (SSSR count). The van der Waals surface area contributed by atoms with E-state index in [4.69, 9.17) is 9.47 Å². The standard InChI is InChI=1S/C30H46O5/c1-16-14-17-22(25(4,5)33)35-30(34-17)21(16)26(6)12-13-29-15-28(29)11-10-20(31)24(2,3)18(28)8-9-19(29)27(26,7)23(30)32/h16-19,21-23,32-33H,8-15H2,1-7H3/t16-,17?,18?,19?,21?,22-,23-,26-,27-,28-,29+,30+/m1/s1. The van der Waals surface area contributed by atoms with Gasteiger partial charge in [-0.15, -0.1) is 0 Å². The number of Topliss-reactive ketones (excluding diaryl/α,β-unsaturated/α-hetero) is 1. The number of fused-ring (bicyclic) bond motifs is 4. The van der Waals surface area contributed by atoms with E-state index in [2.05, 4.69) is 34.6 Å². The molecule has 0 aromatic rings. The van der Waals surface area contributed by atoms with Crippen molar-refractivity contribution in [1.29, 1.82) is 0 Å². The third-order valence-electron chi connectivity index (χ3n) is 13.9. The Morgan fingerprint density at radius 3 is 2.31 bits per heavy atom. The number of ketones is 1. The molecule has 7 fully saturated rings. The van der Waals surface area contributed by atoms with Crippen LogP contribution in [0.25, 0.3) is 0 Å². The lowest BCUT2D eigenvalue weighted by Crippen LogP contribution is -2.59. The molecular formula is C30H46O5. The Morgan fingerprint density at radius 1 is 0.971 bits per heavy atom. The molecule has 2 aliphatic heterocycles. The monoisotopic (exact) mass is 486 g/mol.